The van der Waals surface area contributed by atoms with Gasteiger partial charge >= 0.3 is 17.9 Å². The van der Waals surface area contributed by atoms with Gasteiger partial charge in [0.25, 0.3) is 0 Å². The maximum Gasteiger partial charge on any atom is 0.338 e. The third kappa shape index (κ3) is 20.1. The molecular weight excluding hydrogens is 1200 g/mol. The molecule has 3 aliphatic heterocycles. The summed E-state index contributed by atoms with van der Waals surface area (Å²) in [5.41, 5.74) is 15.2. The van der Waals surface area contributed by atoms with Crippen LogP contribution in [0.4, 0.5) is 0 Å². The van der Waals surface area contributed by atoms with Gasteiger partial charge in [-0.15, -0.1) is 0 Å². The van der Waals surface area contributed by atoms with Crippen molar-refractivity contribution >= 4 is 26.0 Å². The molecule has 3 fully saturated rings. The van der Waals surface area contributed by atoms with Crippen LogP contribution >= 0.6 is 0 Å². The van der Waals surface area contributed by atoms with Crippen molar-refractivity contribution in [3.05, 3.63) is 220 Å². The predicted octanol–water partition coefficient (Wildman–Crippen LogP) is 11.3. The van der Waals surface area contributed by atoms with E-state index in [-0.39, 0.29) is 51.8 Å². The maximum atomic E-state index is 14.4. The molecule has 0 aliphatic carbocycles. The third-order valence-corrected chi connectivity index (χ3v) is 17.4. The van der Waals surface area contributed by atoms with Crippen LogP contribution in [-0.4, -0.2) is 145 Å². The summed E-state index contributed by atoms with van der Waals surface area (Å²) in [7, 11) is -0.136. The highest BCUT2D eigenvalue weighted by Crippen LogP contribution is 2.40. The average molecular weight is 1280 g/mol. The zero-order valence-corrected chi connectivity index (χ0v) is 54.0. The van der Waals surface area contributed by atoms with Gasteiger partial charge in [-0.1, -0.05) is 176 Å². The fourth-order valence-corrected chi connectivity index (χ4v) is 11.7. The molecule has 6 aromatic carbocycles. The van der Waals surface area contributed by atoms with Gasteiger partial charge in [-0.05, 0) is 70.6 Å². The zero-order chi connectivity index (χ0) is 64.8. The van der Waals surface area contributed by atoms with Crippen LogP contribution in [0.25, 0.3) is 10.4 Å². The average Bonchev–Trinajstić information content (AvgIpc) is 0.800. The Hall–Kier alpha value is -7.38. The van der Waals surface area contributed by atoms with E-state index in [0.717, 1.165) is 33.9 Å². The van der Waals surface area contributed by atoms with Gasteiger partial charge in [0.05, 0.1) is 58.4 Å². The molecule has 3 saturated heterocycles. The molecule has 0 saturated carbocycles. The molecule has 22 heteroatoms. The smallest absolute Gasteiger partial charge is 0.338 e. The van der Waals surface area contributed by atoms with Crippen molar-refractivity contribution in [2.45, 2.75) is 172 Å². The second-order valence-electron chi connectivity index (χ2n) is 23.9. The number of esters is 3. The fourth-order valence-electron chi connectivity index (χ4n) is 11.0. The van der Waals surface area contributed by atoms with Gasteiger partial charge in [0, 0.05) is 33.4 Å². The Labute approximate surface area is 538 Å². The fraction of sp³-hybridized carbons (Fsp3) is 0.443. The molecule has 3 aliphatic rings. The van der Waals surface area contributed by atoms with Crippen molar-refractivity contribution in [1.82, 2.24) is 0 Å². The monoisotopic (exact) mass is 1280 g/mol. The molecule has 21 nitrogen and oxygen atoms in total. The van der Waals surface area contributed by atoms with Gasteiger partial charge in [-0.25, -0.2) is 4.79 Å². The summed E-state index contributed by atoms with van der Waals surface area (Å²) in [6.07, 6.45) is -17.7. The molecular formula is C70H83N3O18Si. The maximum absolute atomic E-state index is 14.4. The van der Waals surface area contributed by atoms with E-state index in [0.29, 0.717) is 5.75 Å². The topological polar surface area (TPSA) is 238 Å². The third-order valence-electron chi connectivity index (χ3n) is 15.7. The van der Waals surface area contributed by atoms with E-state index in [9.17, 15) is 19.9 Å². The molecule has 0 aromatic heterocycles. The number of hydrogen-bond donors (Lipinski definition) is 0. The van der Waals surface area contributed by atoms with Crippen LogP contribution in [0.15, 0.2) is 181 Å². The number of methoxy groups -OCH3 is 1. The Morgan fingerprint density at radius 1 is 0.489 bits per heavy atom. The van der Waals surface area contributed by atoms with Crippen molar-refractivity contribution in [2.24, 2.45) is 5.11 Å². The standard InChI is InChI=1S/C70H83N3O18Si/c1-46-59(81-40-50-25-15-9-16-26-50)64(66(69(85-46)79-37-38-92(5,6)7)89-67(76)54-31-21-12-22-32-54)91-68-58(72-73-71)62(61(86-48(3)75)57(87-68)45-80-47(2)74)90-70-65(84-43-53-33-35-55(77-4)36-34-53)63(83-42-52-29-19-11-20-30-52)60(82-41-51-27-17-10-18-28-51)56(88-70)44-78-39-49-23-13-8-14-24-49/h8-36,46,56-66,68-70H,37-45H2,1-7H3/t46-,56+,57+,58+,59-,60+,61+,62+,63-,64+,65+,66+,68+,69+,70+/m0/s1. The minimum atomic E-state index is -1.71. The highest BCUT2D eigenvalue weighted by atomic mass is 28.3. The molecule has 0 unspecified atom stereocenters. The van der Waals surface area contributed by atoms with Gasteiger partial charge in [-0.2, -0.15) is 0 Å². The Morgan fingerprint density at radius 3 is 1.51 bits per heavy atom. The van der Waals surface area contributed by atoms with E-state index in [1.807, 2.05) is 146 Å². The highest BCUT2D eigenvalue weighted by molar-refractivity contribution is 6.76. The molecule has 0 radical (unpaired) electrons. The van der Waals surface area contributed by atoms with Gasteiger partial charge in [0.2, 0.25) is 0 Å². The van der Waals surface area contributed by atoms with Gasteiger partial charge in [-0.3, -0.25) is 9.59 Å². The van der Waals surface area contributed by atoms with Crippen LogP contribution in [0.3, 0.4) is 0 Å². The first kappa shape index (κ1) is 69.0. The molecule has 3 heterocycles. The largest absolute Gasteiger partial charge is 0.497 e. The molecule has 6 aromatic rings. The van der Waals surface area contributed by atoms with Crippen LogP contribution in [-0.2, 0) is 109 Å². The number of carbonyl (C=O) groups is 3. The Bertz CT molecular complexity index is 3240. The molecule has 9 rings (SSSR count). The highest BCUT2D eigenvalue weighted by Gasteiger charge is 2.58. The molecule has 0 amide bonds. The SMILES string of the molecule is COc1ccc(CO[C@H]2[C@@H](O[C@@H]3[C@@H](N=[N+]=[N-])[C@@H](O[C@@H]4[C@@H](OCc5ccccc5)[C@H](C)O[C@@H](OCC[Si](C)(C)C)[C@@H]4OC(=O)c4ccccc4)O[C@H](COC(C)=O)[C@H]3OC(C)=O)O[C@H](COCc3ccccc3)[C@@H](OCc3ccccc3)[C@@H]2OCc2ccccc2)cc1. The second-order valence-corrected chi connectivity index (χ2v) is 29.5. The van der Waals surface area contributed by atoms with E-state index in [1.54, 1.807) is 44.4 Å². The second kappa shape index (κ2) is 34.5. The summed E-state index contributed by atoms with van der Waals surface area (Å²) in [6, 6.07) is 53.2. The lowest BCUT2D eigenvalue weighted by molar-refractivity contribution is -0.371. The minimum Gasteiger partial charge on any atom is -0.497 e. The quantitative estimate of drug-likeness (QED) is 0.00981. The summed E-state index contributed by atoms with van der Waals surface area (Å²) in [6.45, 7) is 10.9. The number of azide groups is 1. The summed E-state index contributed by atoms with van der Waals surface area (Å²) in [4.78, 5) is 44.2. The van der Waals surface area contributed by atoms with E-state index in [2.05, 4.69) is 29.7 Å². The molecule has 0 bridgehead atoms. The first-order valence-corrected chi connectivity index (χ1v) is 34.7. The molecule has 490 valence electrons. The Kier molecular flexibility index (Phi) is 25.9. The summed E-state index contributed by atoms with van der Waals surface area (Å²) in [5, 5.41) is 4.35. The van der Waals surface area contributed by atoms with Crippen molar-refractivity contribution in [3.63, 3.8) is 0 Å². The predicted molar refractivity (Wildman–Crippen MR) is 339 cm³/mol. The van der Waals surface area contributed by atoms with Crippen LogP contribution in [0, 0.1) is 0 Å². The van der Waals surface area contributed by atoms with Gasteiger partial charge < -0.3 is 71.1 Å². The van der Waals surface area contributed by atoms with Crippen LogP contribution in [0.1, 0.15) is 58.9 Å². The summed E-state index contributed by atoms with van der Waals surface area (Å²) >= 11 is 0. The number of rotatable bonds is 31. The Balaban J connectivity index is 1.16. The number of nitrogens with zero attached hydrogens (tertiary/aromatic N) is 3. The van der Waals surface area contributed by atoms with E-state index in [4.69, 9.17) is 71.1 Å². The van der Waals surface area contributed by atoms with Gasteiger partial charge in [0.1, 0.15) is 67.2 Å². The first-order valence-electron chi connectivity index (χ1n) is 31.0. The molecule has 0 N–H and O–H groups in total. The number of benzene rings is 6. The lowest BCUT2D eigenvalue weighted by Crippen LogP contribution is -2.67. The van der Waals surface area contributed by atoms with Crippen molar-refractivity contribution in [1.29, 1.82) is 0 Å². The lowest BCUT2D eigenvalue weighted by Gasteiger charge is -2.51. The summed E-state index contributed by atoms with van der Waals surface area (Å²) < 4.78 is 99.9. The van der Waals surface area contributed by atoms with Crippen LogP contribution in [0.5, 0.6) is 5.75 Å². The lowest BCUT2D eigenvalue weighted by atomic mass is 9.94. The Morgan fingerprint density at radius 2 is 0.978 bits per heavy atom. The van der Waals surface area contributed by atoms with E-state index in [1.165, 1.54) is 13.8 Å². The number of ether oxygens (including phenoxy) is 15. The zero-order valence-electron chi connectivity index (χ0n) is 53.0. The number of hydrogen-bond acceptors (Lipinski definition) is 19. The summed E-state index contributed by atoms with van der Waals surface area (Å²) in [5.74, 6) is -1.58. The van der Waals surface area contributed by atoms with Crippen molar-refractivity contribution in [2.75, 3.05) is 26.9 Å². The minimum absolute atomic E-state index is 0.0258. The van der Waals surface area contributed by atoms with Crippen molar-refractivity contribution in [3.8, 4) is 5.75 Å². The number of carbonyl (C=O) groups excluding carboxylic acids is 3. The van der Waals surface area contributed by atoms with Gasteiger partial charge in [0.15, 0.2) is 31.1 Å². The normalized spacial score (nSPS) is 26.4. The van der Waals surface area contributed by atoms with Crippen LogP contribution in [0.2, 0.25) is 25.7 Å². The van der Waals surface area contributed by atoms with E-state index < -0.39 is 125 Å². The van der Waals surface area contributed by atoms with Crippen molar-refractivity contribution < 1.29 is 85.4 Å². The van der Waals surface area contributed by atoms with Crippen LogP contribution < -0.4 is 4.74 Å². The van der Waals surface area contributed by atoms with E-state index >= 15 is 0 Å². The molecule has 92 heavy (non-hydrogen) atoms. The first-order chi connectivity index (χ1) is 44.6. The molecule has 0 spiro atoms. The molecule has 15 atom stereocenters.